The number of hydrogen-bond donors (Lipinski definition) is 5. The van der Waals surface area contributed by atoms with E-state index in [9.17, 15) is 35.6 Å². The number of nitrogens with zero attached hydrogens (tertiary/aromatic N) is 1. The first-order valence-electron chi connectivity index (χ1n) is 20.5. The lowest BCUT2D eigenvalue weighted by atomic mass is 9.43. The maximum absolute atomic E-state index is 12.4. The molecule has 0 aromatic rings. The van der Waals surface area contributed by atoms with Gasteiger partial charge in [-0.05, 0) is 102 Å². The van der Waals surface area contributed by atoms with E-state index in [1.165, 1.54) is 0 Å². The van der Waals surface area contributed by atoms with Crippen LogP contribution in [0.4, 0.5) is 0 Å². The molecular formula is C39H65NO13. The van der Waals surface area contributed by atoms with Gasteiger partial charge in [0.1, 0.15) is 18.3 Å². The van der Waals surface area contributed by atoms with Gasteiger partial charge in [-0.3, -0.25) is 10.1 Å². The van der Waals surface area contributed by atoms with E-state index in [0.717, 1.165) is 44.9 Å². The molecule has 304 valence electrons. The van der Waals surface area contributed by atoms with Gasteiger partial charge < -0.3 is 54.0 Å². The van der Waals surface area contributed by atoms with E-state index in [-0.39, 0.29) is 47.5 Å². The van der Waals surface area contributed by atoms with Gasteiger partial charge in [-0.15, -0.1) is 0 Å². The van der Waals surface area contributed by atoms with E-state index >= 15 is 0 Å². The summed E-state index contributed by atoms with van der Waals surface area (Å²) in [5, 5.41) is 66.5. The second-order valence-electron chi connectivity index (χ2n) is 18.5. The molecular weight excluding hydrogens is 690 g/mol. The number of aliphatic hydroxyl groups excluding tert-OH is 4. The van der Waals surface area contributed by atoms with Gasteiger partial charge in [-0.25, -0.2) is 0 Å². The lowest BCUT2D eigenvalue weighted by Gasteiger charge is -2.63. The second kappa shape index (κ2) is 15.0. The van der Waals surface area contributed by atoms with Crippen molar-refractivity contribution in [3.63, 3.8) is 0 Å². The predicted molar refractivity (Wildman–Crippen MR) is 189 cm³/mol. The van der Waals surface area contributed by atoms with E-state index < -0.39 is 90.9 Å². The Morgan fingerprint density at radius 1 is 0.698 bits per heavy atom. The quantitative estimate of drug-likeness (QED) is 0.137. The number of aliphatic hydroxyl groups is 5. The first-order valence-corrected chi connectivity index (χ1v) is 20.5. The Hall–Kier alpha value is -1.04. The standard InChI is InChI=1S/C39H65NO13/c1-19(40(46)47)25-11-14-39(45)27-8-7-23-15-24(9-12-37(23,5)26(27)10-13-38(25,39)6)51-31-17-29(42)35(21(3)49-31)53-33-18-30(43)36(22(4)50-33)52-32-16-28(41)34(44)20(2)48-32/h19-36,41-45H,7-18H2,1-6H3/t19-,20-,21-,22-,23-,24+,25-,26+,27-,28+,29+,30+,31+,32+,33+,34-,35-,36-,37+,38-,39+/m1/s1. The van der Waals surface area contributed by atoms with Gasteiger partial charge in [0.25, 0.3) is 0 Å². The summed E-state index contributed by atoms with van der Waals surface area (Å²) in [4.78, 5) is 11.6. The SMILES string of the molecule is C[C@H]([C@H]1CC[C@]2(O)[C@@H]3CC[C@@H]4C[C@@H](O[C@H]5C[C@H](O)[C@H](O[C@H]6C[C@H](O)[C@H](O[C@H]7C[C@H](O)[C@H](O)[C@@H](C)O7)[C@@H](C)O6)[C@@H](C)O5)CC[C@]4(C)[C@H]3CC[C@]12C)[N+](=O)[O-]. The Balaban J connectivity index is 0.900. The van der Waals surface area contributed by atoms with Crippen LogP contribution in [0.15, 0.2) is 0 Å². The van der Waals surface area contributed by atoms with Crippen LogP contribution in [-0.2, 0) is 28.4 Å². The summed E-state index contributed by atoms with van der Waals surface area (Å²) in [6.07, 6.45) is -0.755. The molecule has 3 heterocycles. The van der Waals surface area contributed by atoms with Gasteiger partial charge in [0.15, 0.2) is 18.9 Å². The molecule has 0 unspecified atom stereocenters. The summed E-state index contributed by atoms with van der Waals surface area (Å²) < 4.78 is 36.8. The van der Waals surface area contributed by atoms with Crippen molar-refractivity contribution >= 4 is 0 Å². The molecule has 0 spiro atoms. The number of ether oxygens (including phenoxy) is 6. The second-order valence-corrected chi connectivity index (χ2v) is 18.5. The molecule has 4 aliphatic carbocycles. The lowest BCUT2D eigenvalue weighted by Crippen LogP contribution is -2.63. The molecule has 7 rings (SSSR count). The maximum Gasteiger partial charge on any atom is 0.213 e. The van der Waals surface area contributed by atoms with E-state index in [4.69, 9.17) is 28.4 Å². The molecule has 0 radical (unpaired) electrons. The highest BCUT2D eigenvalue weighted by atomic mass is 16.7. The largest absolute Gasteiger partial charge is 0.390 e. The first kappa shape index (κ1) is 40.2. The van der Waals surface area contributed by atoms with Gasteiger partial charge >= 0.3 is 0 Å². The summed E-state index contributed by atoms with van der Waals surface area (Å²) in [6, 6.07) is -0.652. The van der Waals surface area contributed by atoms with Crippen LogP contribution in [0.2, 0.25) is 0 Å². The lowest BCUT2D eigenvalue weighted by molar-refractivity contribution is -0.532. The van der Waals surface area contributed by atoms with Crippen molar-refractivity contribution in [2.45, 2.75) is 210 Å². The van der Waals surface area contributed by atoms with Crippen LogP contribution in [0.5, 0.6) is 0 Å². The van der Waals surface area contributed by atoms with Crippen molar-refractivity contribution in [1.29, 1.82) is 0 Å². The number of nitro groups is 1. The number of rotatable bonds is 8. The first-order chi connectivity index (χ1) is 24.9. The number of hydrogen-bond acceptors (Lipinski definition) is 13. The minimum absolute atomic E-state index is 0.00430. The zero-order chi connectivity index (χ0) is 38.2. The molecule has 5 N–H and O–H groups in total. The van der Waals surface area contributed by atoms with Crippen LogP contribution in [0.3, 0.4) is 0 Å². The normalized spacial score (nSPS) is 55.0. The van der Waals surface area contributed by atoms with Gasteiger partial charge in [0.2, 0.25) is 6.04 Å². The van der Waals surface area contributed by atoms with E-state index in [0.29, 0.717) is 24.7 Å². The number of fused-ring (bicyclic) bond motifs is 5. The highest BCUT2D eigenvalue weighted by Crippen LogP contribution is 2.69. The molecule has 0 aromatic carbocycles. The van der Waals surface area contributed by atoms with Crippen LogP contribution in [0.1, 0.15) is 119 Å². The van der Waals surface area contributed by atoms with Crippen molar-refractivity contribution in [3.8, 4) is 0 Å². The fourth-order valence-electron chi connectivity index (χ4n) is 12.6. The summed E-state index contributed by atoms with van der Waals surface area (Å²) >= 11 is 0. The summed E-state index contributed by atoms with van der Waals surface area (Å²) in [7, 11) is 0. The highest BCUT2D eigenvalue weighted by Gasteiger charge is 2.69. The fraction of sp³-hybridized carbons (Fsp3) is 1.00. The summed E-state index contributed by atoms with van der Waals surface area (Å²) in [6.45, 7) is 11.5. The van der Waals surface area contributed by atoms with Crippen molar-refractivity contribution < 1.29 is 58.9 Å². The van der Waals surface area contributed by atoms with Gasteiger partial charge in [-0.1, -0.05) is 13.8 Å². The van der Waals surface area contributed by atoms with E-state index in [1.54, 1.807) is 20.8 Å². The predicted octanol–water partition coefficient (Wildman–Crippen LogP) is 3.43. The molecule has 3 aliphatic heterocycles. The molecule has 7 fully saturated rings. The van der Waals surface area contributed by atoms with Crippen LogP contribution in [0.25, 0.3) is 0 Å². The molecule has 0 aromatic heterocycles. The highest BCUT2D eigenvalue weighted by molar-refractivity contribution is 5.17. The summed E-state index contributed by atoms with van der Waals surface area (Å²) in [5.74, 6) is 0.884. The third kappa shape index (κ3) is 7.12. The monoisotopic (exact) mass is 755 g/mol. The Bertz CT molecular complexity index is 1270. The van der Waals surface area contributed by atoms with Crippen LogP contribution < -0.4 is 0 Å². The van der Waals surface area contributed by atoms with Gasteiger partial charge in [0, 0.05) is 42.4 Å². The van der Waals surface area contributed by atoms with Crippen LogP contribution in [-0.4, -0.2) is 122 Å². The van der Waals surface area contributed by atoms with Gasteiger partial charge in [0.05, 0.1) is 48.3 Å². The van der Waals surface area contributed by atoms with E-state index in [1.807, 2.05) is 6.92 Å². The van der Waals surface area contributed by atoms with Crippen molar-refractivity contribution in [3.05, 3.63) is 10.1 Å². The minimum Gasteiger partial charge on any atom is -0.390 e. The molecule has 0 bridgehead atoms. The van der Waals surface area contributed by atoms with Crippen molar-refractivity contribution in [2.24, 2.45) is 34.5 Å². The molecule has 7 aliphatic rings. The fourth-order valence-corrected chi connectivity index (χ4v) is 12.6. The third-order valence-corrected chi connectivity index (χ3v) is 15.7. The van der Waals surface area contributed by atoms with Crippen molar-refractivity contribution in [2.75, 3.05) is 0 Å². The van der Waals surface area contributed by atoms with Crippen LogP contribution in [0, 0.1) is 44.6 Å². The smallest absolute Gasteiger partial charge is 0.213 e. The molecule has 53 heavy (non-hydrogen) atoms. The van der Waals surface area contributed by atoms with Crippen LogP contribution >= 0.6 is 0 Å². The van der Waals surface area contributed by atoms with Gasteiger partial charge in [-0.2, -0.15) is 0 Å². The zero-order valence-electron chi connectivity index (χ0n) is 32.3. The zero-order valence-corrected chi connectivity index (χ0v) is 32.3. The Morgan fingerprint density at radius 3 is 1.83 bits per heavy atom. The Kier molecular flexibility index (Phi) is 11.4. The van der Waals surface area contributed by atoms with E-state index in [2.05, 4.69) is 13.8 Å². The Labute approximate surface area is 313 Å². The third-order valence-electron chi connectivity index (χ3n) is 15.7. The molecule has 21 atom stereocenters. The minimum atomic E-state index is -1.00. The molecule has 14 heteroatoms. The Morgan fingerprint density at radius 2 is 1.26 bits per heavy atom. The topological polar surface area (TPSA) is 200 Å². The average molecular weight is 756 g/mol. The van der Waals surface area contributed by atoms with Crippen molar-refractivity contribution in [1.82, 2.24) is 0 Å². The molecule has 14 nitrogen and oxygen atoms in total. The molecule has 0 amide bonds. The maximum atomic E-state index is 12.4. The molecule has 4 saturated carbocycles. The average Bonchev–Trinajstić information content (AvgIpc) is 3.37. The molecule has 3 saturated heterocycles. The summed E-state index contributed by atoms with van der Waals surface area (Å²) in [5.41, 5.74) is -1.22.